The number of thioether (sulfide) groups is 1. The molecule has 0 saturated carbocycles. The van der Waals surface area contributed by atoms with E-state index in [0.29, 0.717) is 29.0 Å². The number of rotatable bonds is 10. The maximum atomic E-state index is 12.9. The summed E-state index contributed by atoms with van der Waals surface area (Å²) in [7, 11) is 0. The van der Waals surface area contributed by atoms with Crippen LogP contribution in [0.4, 0.5) is 10.1 Å². The van der Waals surface area contributed by atoms with E-state index in [0.717, 1.165) is 18.2 Å². The van der Waals surface area contributed by atoms with Gasteiger partial charge in [0.2, 0.25) is 11.8 Å². The van der Waals surface area contributed by atoms with Gasteiger partial charge in [0, 0.05) is 12.2 Å². The predicted molar refractivity (Wildman–Crippen MR) is 106 cm³/mol. The molecule has 0 aliphatic rings. The van der Waals surface area contributed by atoms with Crippen molar-refractivity contribution >= 4 is 29.3 Å². The van der Waals surface area contributed by atoms with Crippen LogP contribution in [-0.4, -0.2) is 38.8 Å². The fraction of sp³-hybridized carbons (Fsp3) is 0.421. The minimum absolute atomic E-state index is 0.0237. The Labute approximate surface area is 167 Å². The minimum Gasteiger partial charge on any atom is -0.390 e. The number of aromatic nitrogens is 2. The third-order valence-electron chi connectivity index (χ3n) is 3.87. The van der Waals surface area contributed by atoms with Crippen LogP contribution in [0.2, 0.25) is 0 Å². The van der Waals surface area contributed by atoms with Crippen LogP contribution in [0.1, 0.15) is 26.0 Å². The van der Waals surface area contributed by atoms with Crippen LogP contribution in [0.3, 0.4) is 0 Å². The van der Waals surface area contributed by atoms with Crippen molar-refractivity contribution in [3.05, 3.63) is 42.0 Å². The summed E-state index contributed by atoms with van der Waals surface area (Å²) in [5.41, 5.74) is 0.997. The molecule has 2 aromatic rings. The molecule has 0 radical (unpaired) electrons. The fourth-order valence-corrected chi connectivity index (χ4v) is 3.16. The fourth-order valence-electron chi connectivity index (χ4n) is 2.36. The number of halogens is 1. The van der Waals surface area contributed by atoms with E-state index in [1.807, 2.05) is 0 Å². The van der Waals surface area contributed by atoms with Gasteiger partial charge in [-0.05, 0) is 36.6 Å². The summed E-state index contributed by atoms with van der Waals surface area (Å²) < 4.78 is 14.5. The van der Waals surface area contributed by atoms with Crippen molar-refractivity contribution in [1.29, 1.82) is 0 Å². The van der Waals surface area contributed by atoms with Crippen LogP contribution in [0.5, 0.6) is 0 Å². The smallest absolute Gasteiger partial charge is 0.240 e. The maximum Gasteiger partial charge on any atom is 0.240 e. The highest BCUT2D eigenvalue weighted by Crippen LogP contribution is 2.19. The molecule has 9 heteroatoms. The van der Waals surface area contributed by atoms with Crippen LogP contribution < -0.4 is 10.6 Å². The molecule has 0 saturated heterocycles. The lowest BCUT2D eigenvalue weighted by atomic mass is 10.1. The van der Waals surface area contributed by atoms with E-state index < -0.39 is 0 Å². The number of aliphatic hydroxyl groups excluding tert-OH is 1. The van der Waals surface area contributed by atoms with Gasteiger partial charge in [0.05, 0.1) is 24.3 Å². The Hall–Kier alpha value is -2.39. The lowest BCUT2D eigenvalue weighted by Gasteiger charge is -2.12. The minimum atomic E-state index is -0.377. The molecule has 28 heavy (non-hydrogen) atoms. The van der Waals surface area contributed by atoms with Crippen LogP contribution in [0.15, 0.2) is 35.6 Å². The van der Waals surface area contributed by atoms with Crippen molar-refractivity contribution in [3.8, 4) is 0 Å². The Morgan fingerprint density at radius 2 is 1.96 bits per heavy atom. The molecule has 0 aliphatic carbocycles. The maximum absolute atomic E-state index is 12.9. The first kappa shape index (κ1) is 21.9. The molecule has 0 unspecified atom stereocenters. The Bertz CT molecular complexity index is 793. The second kappa shape index (κ2) is 10.8. The average molecular weight is 408 g/mol. The van der Waals surface area contributed by atoms with Gasteiger partial charge in [0.15, 0.2) is 5.16 Å². The molecule has 0 spiro atoms. The van der Waals surface area contributed by atoms with E-state index in [9.17, 15) is 19.1 Å². The van der Waals surface area contributed by atoms with E-state index in [4.69, 9.17) is 0 Å². The number of aliphatic hydroxyl groups is 1. The SMILES string of the molecule is CC(C)CCNC(=O)Cn1c(CO)cnc1SCC(=O)Nc1ccc(F)cc1. The first-order valence-corrected chi connectivity index (χ1v) is 9.97. The Kier molecular flexibility index (Phi) is 8.46. The largest absolute Gasteiger partial charge is 0.390 e. The van der Waals surface area contributed by atoms with Crippen LogP contribution in [0.25, 0.3) is 0 Å². The van der Waals surface area contributed by atoms with Crippen LogP contribution >= 0.6 is 11.8 Å². The zero-order valence-electron chi connectivity index (χ0n) is 15.9. The van der Waals surface area contributed by atoms with Gasteiger partial charge in [-0.3, -0.25) is 9.59 Å². The van der Waals surface area contributed by atoms with E-state index in [1.165, 1.54) is 30.5 Å². The highest BCUT2D eigenvalue weighted by atomic mass is 32.2. The summed E-state index contributed by atoms with van der Waals surface area (Å²) in [4.78, 5) is 28.4. The zero-order valence-corrected chi connectivity index (χ0v) is 16.8. The number of hydrogen-bond donors (Lipinski definition) is 3. The number of carbonyl (C=O) groups excluding carboxylic acids is 2. The van der Waals surface area contributed by atoms with Gasteiger partial charge in [-0.25, -0.2) is 9.37 Å². The highest BCUT2D eigenvalue weighted by Gasteiger charge is 2.15. The van der Waals surface area contributed by atoms with Gasteiger partial charge in [-0.2, -0.15) is 0 Å². The number of nitrogens with zero attached hydrogens (tertiary/aromatic N) is 2. The third kappa shape index (κ3) is 6.97. The molecule has 2 amide bonds. The molecule has 1 aromatic heterocycles. The van der Waals surface area contributed by atoms with Crippen LogP contribution in [0, 0.1) is 11.7 Å². The molecule has 2 rings (SSSR count). The van der Waals surface area contributed by atoms with Crippen molar-refractivity contribution < 1.29 is 19.1 Å². The summed E-state index contributed by atoms with van der Waals surface area (Å²) in [5, 5.41) is 15.5. The van der Waals surface area contributed by atoms with Gasteiger partial charge in [-0.15, -0.1) is 0 Å². The van der Waals surface area contributed by atoms with Crippen molar-refractivity contribution in [2.24, 2.45) is 5.92 Å². The van der Waals surface area contributed by atoms with Gasteiger partial charge >= 0.3 is 0 Å². The number of benzene rings is 1. The van der Waals surface area contributed by atoms with E-state index in [-0.39, 0.29) is 36.5 Å². The molecular formula is C19H25FN4O3S. The number of nitrogens with one attached hydrogen (secondary N) is 2. The van der Waals surface area contributed by atoms with Crippen molar-refractivity contribution in [1.82, 2.24) is 14.9 Å². The summed E-state index contributed by atoms with van der Waals surface area (Å²) >= 11 is 1.16. The molecule has 0 atom stereocenters. The lowest BCUT2D eigenvalue weighted by molar-refractivity contribution is -0.121. The van der Waals surface area contributed by atoms with Crippen molar-refractivity contribution in [2.75, 3.05) is 17.6 Å². The molecule has 0 fully saturated rings. The van der Waals surface area contributed by atoms with Gasteiger partial charge in [0.1, 0.15) is 12.4 Å². The summed E-state index contributed by atoms with van der Waals surface area (Å²) in [5.74, 6) is -0.275. The predicted octanol–water partition coefficient (Wildman–Crippen LogP) is 2.41. The Morgan fingerprint density at radius 1 is 1.25 bits per heavy atom. The zero-order chi connectivity index (χ0) is 20.5. The van der Waals surface area contributed by atoms with E-state index >= 15 is 0 Å². The van der Waals surface area contributed by atoms with Gasteiger partial charge < -0.3 is 20.3 Å². The van der Waals surface area contributed by atoms with Gasteiger partial charge in [0.25, 0.3) is 0 Å². The van der Waals surface area contributed by atoms with Gasteiger partial charge in [-0.1, -0.05) is 25.6 Å². The molecule has 3 N–H and O–H groups in total. The first-order chi connectivity index (χ1) is 13.4. The Balaban J connectivity index is 1.92. The molecule has 1 aromatic carbocycles. The number of anilines is 1. The number of hydrogen-bond acceptors (Lipinski definition) is 5. The molecule has 152 valence electrons. The normalized spacial score (nSPS) is 10.9. The second-order valence-electron chi connectivity index (χ2n) is 6.65. The second-order valence-corrected chi connectivity index (χ2v) is 7.60. The van der Waals surface area contributed by atoms with Crippen LogP contribution in [-0.2, 0) is 22.7 Å². The quantitative estimate of drug-likeness (QED) is 0.525. The number of imidazole rings is 1. The molecule has 0 aliphatic heterocycles. The monoisotopic (exact) mass is 408 g/mol. The summed E-state index contributed by atoms with van der Waals surface area (Å²) in [6, 6.07) is 5.48. The highest BCUT2D eigenvalue weighted by molar-refractivity contribution is 7.99. The molecule has 0 bridgehead atoms. The number of carbonyl (C=O) groups is 2. The topological polar surface area (TPSA) is 96.2 Å². The Morgan fingerprint density at radius 3 is 2.61 bits per heavy atom. The number of amides is 2. The summed E-state index contributed by atoms with van der Waals surface area (Å²) in [6.45, 7) is 4.52. The van der Waals surface area contributed by atoms with E-state index in [2.05, 4.69) is 29.5 Å². The summed E-state index contributed by atoms with van der Waals surface area (Å²) in [6.07, 6.45) is 2.37. The van der Waals surface area contributed by atoms with Crippen molar-refractivity contribution in [2.45, 2.75) is 38.6 Å². The average Bonchev–Trinajstić information content (AvgIpc) is 3.03. The standard InChI is InChI=1S/C19H25FN4O3S/c1-13(2)7-8-21-17(26)10-24-16(11-25)9-22-19(24)28-12-18(27)23-15-5-3-14(20)4-6-15/h3-6,9,13,25H,7-8,10-12H2,1-2H3,(H,21,26)(H,23,27). The molecule has 1 heterocycles. The first-order valence-electron chi connectivity index (χ1n) is 8.99. The van der Waals surface area contributed by atoms with Crippen molar-refractivity contribution in [3.63, 3.8) is 0 Å². The molecule has 7 nitrogen and oxygen atoms in total. The molecular weight excluding hydrogens is 383 g/mol. The van der Waals surface area contributed by atoms with E-state index in [1.54, 1.807) is 4.57 Å². The lowest BCUT2D eigenvalue weighted by Crippen LogP contribution is -2.30. The third-order valence-corrected chi connectivity index (χ3v) is 4.86.